The molecule has 2 N–H and O–H groups in total. The molecule has 1 aliphatic heterocycles. The lowest BCUT2D eigenvalue weighted by Gasteiger charge is -2.19. The number of hydrogen-bond acceptors (Lipinski definition) is 7. The van der Waals surface area contributed by atoms with Gasteiger partial charge in [-0.2, -0.15) is 0 Å². The van der Waals surface area contributed by atoms with Gasteiger partial charge in [0.1, 0.15) is 11.3 Å². The molecule has 28 heavy (non-hydrogen) atoms. The van der Waals surface area contributed by atoms with Crippen molar-refractivity contribution in [3.8, 4) is 0 Å². The van der Waals surface area contributed by atoms with Gasteiger partial charge in [0.15, 0.2) is 11.0 Å². The quantitative estimate of drug-likeness (QED) is 0.571. The molecule has 0 saturated carbocycles. The second-order valence-corrected chi connectivity index (χ2v) is 9.47. The average Bonchev–Trinajstić information content (AvgIpc) is 2.68. The van der Waals surface area contributed by atoms with Crippen molar-refractivity contribution in [1.29, 1.82) is 0 Å². The Hall–Kier alpha value is -1.58. The van der Waals surface area contributed by atoms with Crippen LogP contribution < -0.4 is 10.6 Å². The van der Waals surface area contributed by atoms with Crippen molar-refractivity contribution < 1.29 is 12.8 Å². The molecule has 1 aliphatic rings. The van der Waals surface area contributed by atoms with Crippen LogP contribution in [0.2, 0.25) is 5.15 Å². The Kier molecular flexibility index (Phi) is 6.67. The van der Waals surface area contributed by atoms with E-state index in [1.165, 1.54) is 6.92 Å². The molecule has 154 valence electrons. The van der Waals surface area contributed by atoms with E-state index in [1.54, 1.807) is 0 Å². The Balaban J connectivity index is 2.18. The number of sulfone groups is 1. The smallest absolute Gasteiger partial charge is 0.249 e. The van der Waals surface area contributed by atoms with Crippen LogP contribution in [0.5, 0.6) is 0 Å². The molecule has 0 bridgehead atoms. The summed E-state index contributed by atoms with van der Waals surface area (Å²) in [5.41, 5.74) is 0.490. The first-order valence-electron chi connectivity index (χ1n) is 9.60. The van der Waals surface area contributed by atoms with Crippen LogP contribution in [0.1, 0.15) is 38.8 Å². The van der Waals surface area contributed by atoms with E-state index in [1.807, 2.05) is 0 Å². The van der Waals surface area contributed by atoms with Crippen molar-refractivity contribution in [2.24, 2.45) is 5.92 Å². The van der Waals surface area contributed by atoms with Crippen LogP contribution in [-0.2, 0) is 16.3 Å². The van der Waals surface area contributed by atoms with E-state index in [-0.39, 0.29) is 22.2 Å². The highest BCUT2D eigenvalue weighted by Crippen LogP contribution is 2.31. The van der Waals surface area contributed by atoms with Gasteiger partial charge in [0.25, 0.3) is 0 Å². The number of aromatic nitrogens is 3. The minimum Gasteiger partial charge on any atom is -0.368 e. The Bertz CT molecular complexity index is 970. The normalized spacial score (nSPS) is 18.9. The maximum Gasteiger partial charge on any atom is 0.249 e. The van der Waals surface area contributed by atoms with Crippen molar-refractivity contribution in [2.75, 3.05) is 30.7 Å². The number of rotatable bonds is 3. The van der Waals surface area contributed by atoms with Gasteiger partial charge in [-0.15, -0.1) is 0 Å². The molecule has 0 fully saturated rings. The van der Waals surface area contributed by atoms with Gasteiger partial charge < -0.3 is 10.6 Å². The highest BCUT2D eigenvalue weighted by Gasteiger charge is 2.24. The summed E-state index contributed by atoms with van der Waals surface area (Å²) in [7, 11) is -3.71. The summed E-state index contributed by atoms with van der Waals surface area (Å²) < 4.78 is 39.4. The minimum absolute atomic E-state index is 0.100. The molecule has 0 aliphatic carbocycles. The molecular weight excluding hydrogens is 405 g/mol. The van der Waals surface area contributed by atoms with Crippen LogP contribution in [0.4, 0.5) is 10.2 Å². The van der Waals surface area contributed by atoms with E-state index in [2.05, 4.69) is 32.5 Å². The van der Waals surface area contributed by atoms with Gasteiger partial charge in [0.2, 0.25) is 15.0 Å². The fourth-order valence-electron chi connectivity index (χ4n) is 3.35. The molecule has 10 heteroatoms. The zero-order valence-corrected chi connectivity index (χ0v) is 17.6. The topological polar surface area (TPSA) is 96.9 Å². The number of anilines is 1. The molecule has 7 nitrogen and oxygen atoms in total. The number of aryl methyl sites for hydroxylation is 1. The molecule has 1 atom stereocenters. The van der Waals surface area contributed by atoms with Crippen molar-refractivity contribution in [2.45, 2.75) is 44.7 Å². The third-order valence-electron chi connectivity index (χ3n) is 5.09. The number of hydrogen-bond donors (Lipinski definition) is 2. The summed E-state index contributed by atoms with van der Waals surface area (Å²) >= 11 is 6.00. The van der Waals surface area contributed by atoms with Crippen LogP contribution >= 0.6 is 11.6 Å². The largest absolute Gasteiger partial charge is 0.368 e. The van der Waals surface area contributed by atoms with E-state index in [4.69, 9.17) is 11.6 Å². The number of nitrogens with one attached hydrogen (secondary N) is 2. The second kappa shape index (κ2) is 8.84. The van der Waals surface area contributed by atoms with Crippen molar-refractivity contribution in [3.05, 3.63) is 16.7 Å². The number of halogens is 2. The predicted octanol–water partition coefficient (Wildman–Crippen LogP) is 2.97. The maximum absolute atomic E-state index is 14.7. The van der Waals surface area contributed by atoms with Gasteiger partial charge in [-0.3, -0.25) is 0 Å². The van der Waals surface area contributed by atoms with Crippen LogP contribution in [0, 0.1) is 11.7 Å². The van der Waals surface area contributed by atoms with Crippen LogP contribution in [0.3, 0.4) is 0 Å². The third-order valence-corrected chi connectivity index (χ3v) is 6.84. The van der Waals surface area contributed by atoms with E-state index in [0.717, 1.165) is 25.8 Å². The molecule has 0 radical (unpaired) electrons. The first kappa shape index (κ1) is 21.1. The molecule has 0 amide bonds. The van der Waals surface area contributed by atoms with Crippen molar-refractivity contribution in [3.63, 3.8) is 0 Å². The van der Waals surface area contributed by atoms with Crippen LogP contribution in [-0.4, -0.2) is 48.8 Å². The van der Waals surface area contributed by atoms with Gasteiger partial charge >= 0.3 is 0 Å². The van der Waals surface area contributed by atoms with Gasteiger partial charge in [-0.1, -0.05) is 31.9 Å². The van der Waals surface area contributed by atoms with Gasteiger partial charge in [-0.05, 0) is 31.7 Å². The molecular formula is C18H25ClFN5O2S. The number of nitrogens with zero attached hydrogens (tertiary/aromatic N) is 3. The summed E-state index contributed by atoms with van der Waals surface area (Å²) in [6.07, 6.45) is 3.53. The van der Waals surface area contributed by atoms with E-state index in [9.17, 15) is 12.8 Å². The summed E-state index contributed by atoms with van der Waals surface area (Å²) in [6.45, 7) is 5.77. The molecule has 3 rings (SSSR count). The first-order valence-corrected chi connectivity index (χ1v) is 11.6. The Morgan fingerprint density at radius 1 is 1.21 bits per heavy atom. The minimum atomic E-state index is -3.71. The maximum atomic E-state index is 14.7. The summed E-state index contributed by atoms with van der Waals surface area (Å²) in [4.78, 5) is 12.5. The fourth-order valence-corrected chi connectivity index (χ4v) is 4.27. The predicted molar refractivity (Wildman–Crippen MR) is 108 cm³/mol. The molecule has 1 unspecified atom stereocenters. The summed E-state index contributed by atoms with van der Waals surface area (Å²) in [5.74, 6) is -0.163. The van der Waals surface area contributed by atoms with Gasteiger partial charge in [0, 0.05) is 13.1 Å². The second-order valence-electron chi connectivity index (χ2n) is 6.94. The SMILES string of the molecule is CCC1CCCc2nc(Cl)c(F)c3nc(S(=O)(=O)CC)nc(c23)NCCNC1. The lowest BCUT2D eigenvalue weighted by Crippen LogP contribution is -2.28. The van der Waals surface area contributed by atoms with E-state index < -0.39 is 20.8 Å². The summed E-state index contributed by atoms with van der Waals surface area (Å²) in [5, 5.41) is 6.25. The Labute approximate surface area is 169 Å². The first-order chi connectivity index (χ1) is 13.4. The highest BCUT2D eigenvalue weighted by atomic mass is 35.5. The molecule has 0 aromatic carbocycles. The van der Waals surface area contributed by atoms with E-state index >= 15 is 0 Å². The fraction of sp³-hybridized carbons (Fsp3) is 0.611. The average molecular weight is 430 g/mol. The Morgan fingerprint density at radius 2 is 2.00 bits per heavy atom. The Morgan fingerprint density at radius 3 is 2.71 bits per heavy atom. The molecule has 0 saturated heterocycles. The lowest BCUT2D eigenvalue weighted by atomic mass is 9.97. The van der Waals surface area contributed by atoms with Crippen molar-refractivity contribution >= 4 is 38.2 Å². The molecule has 0 spiro atoms. The zero-order chi connectivity index (χ0) is 20.3. The number of pyridine rings is 1. The standard InChI is InChI=1S/C18H25ClFN5O2S/c1-3-11-6-5-7-12-13-15(14(20)16(19)23-12)24-18(28(26,27)4-2)25-17(13)22-9-8-21-10-11/h11,21H,3-10H2,1-2H3,(H,22,24,25). The summed E-state index contributed by atoms with van der Waals surface area (Å²) in [6, 6.07) is 0. The molecule has 2 aromatic rings. The molecule has 3 heterocycles. The van der Waals surface area contributed by atoms with Crippen LogP contribution in [0.15, 0.2) is 5.16 Å². The zero-order valence-electron chi connectivity index (χ0n) is 16.1. The monoisotopic (exact) mass is 429 g/mol. The third kappa shape index (κ3) is 4.36. The molecule has 2 aromatic heterocycles. The highest BCUT2D eigenvalue weighted by molar-refractivity contribution is 7.91. The van der Waals surface area contributed by atoms with Gasteiger partial charge in [0.05, 0.1) is 16.8 Å². The van der Waals surface area contributed by atoms with Crippen LogP contribution in [0.25, 0.3) is 10.9 Å². The van der Waals surface area contributed by atoms with E-state index in [0.29, 0.717) is 36.5 Å². The van der Waals surface area contributed by atoms with Gasteiger partial charge in [-0.25, -0.2) is 27.8 Å². The lowest BCUT2D eigenvalue weighted by molar-refractivity contribution is 0.424. The van der Waals surface area contributed by atoms with Crippen molar-refractivity contribution in [1.82, 2.24) is 20.3 Å².